The van der Waals surface area contributed by atoms with Crippen molar-refractivity contribution in [1.82, 2.24) is 10.6 Å². The molecule has 0 radical (unpaired) electrons. The first kappa shape index (κ1) is 16.3. The lowest BCUT2D eigenvalue weighted by Gasteiger charge is -2.31. The average Bonchev–Trinajstić information content (AvgIpc) is 3.23. The molecule has 0 spiro atoms. The fourth-order valence-electron chi connectivity index (χ4n) is 3.29. The lowest BCUT2D eigenvalue weighted by molar-refractivity contribution is -0.121. The first-order valence-corrected chi connectivity index (χ1v) is 8.33. The van der Waals surface area contributed by atoms with Crippen LogP contribution in [0.2, 0.25) is 0 Å². The maximum atomic E-state index is 12.5. The highest BCUT2D eigenvalue weighted by Gasteiger charge is 2.46. The van der Waals surface area contributed by atoms with Crippen molar-refractivity contribution in [1.29, 1.82) is 0 Å². The number of hydrogen-bond donors (Lipinski definition) is 2. The van der Waals surface area contributed by atoms with Gasteiger partial charge in [-0.25, -0.2) is 0 Å². The Morgan fingerprint density at radius 2 is 1.92 bits per heavy atom. The van der Waals surface area contributed by atoms with Crippen molar-refractivity contribution in [2.75, 3.05) is 6.54 Å². The summed E-state index contributed by atoms with van der Waals surface area (Å²) in [5.74, 6) is 0.371. The summed E-state index contributed by atoms with van der Waals surface area (Å²) in [7, 11) is 0. The molecule has 0 aliphatic carbocycles. The Morgan fingerprint density at radius 3 is 2.58 bits per heavy atom. The van der Waals surface area contributed by atoms with E-state index in [0.29, 0.717) is 12.3 Å². The van der Waals surface area contributed by atoms with Crippen LogP contribution in [-0.2, 0) is 4.79 Å². The Morgan fingerprint density at radius 1 is 1.21 bits per heavy atom. The van der Waals surface area contributed by atoms with Gasteiger partial charge in [-0.15, -0.1) is 0 Å². The van der Waals surface area contributed by atoms with Crippen LogP contribution in [0.4, 0.5) is 0 Å². The third-order valence-corrected chi connectivity index (χ3v) is 5.06. The van der Waals surface area contributed by atoms with Crippen molar-refractivity contribution in [3.63, 3.8) is 0 Å². The molecule has 0 bridgehead atoms. The van der Waals surface area contributed by atoms with E-state index in [-0.39, 0.29) is 23.0 Å². The van der Waals surface area contributed by atoms with Gasteiger partial charge >= 0.3 is 0 Å². The van der Waals surface area contributed by atoms with E-state index in [1.54, 1.807) is 12.1 Å². The van der Waals surface area contributed by atoms with Gasteiger partial charge in [0.05, 0.1) is 0 Å². The Hall–Kier alpha value is -2.56. The number of rotatable bonds is 5. The van der Waals surface area contributed by atoms with Crippen molar-refractivity contribution in [3.8, 4) is 11.3 Å². The molecule has 5 nitrogen and oxygen atoms in total. The zero-order valence-corrected chi connectivity index (χ0v) is 14.0. The third-order valence-electron chi connectivity index (χ3n) is 5.06. The van der Waals surface area contributed by atoms with Crippen LogP contribution in [0.15, 0.2) is 46.9 Å². The van der Waals surface area contributed by atoms with Gasteiger partial charge < -0.3 is 15.1 Å². The van der Waals surface area contributed by atoms with Crippen LogP contribution in [0, 0.1) is 5.41 Å². The highest BCUT2D eigenvalue weighted by molar-refractivity contribution is 5.97. The Labute approximate surface area is 141 Å². The minimum Gasteiger partial charge on any atom is -0.451 e. The molecular weight excluding hydrogens is 304 g/mol. The summed E-state index contributed by atoms with van der Waals surface area (Å²) in [4.78, 5) is 24.7. The molecule has 24 heavy (non-hydrogen) atoms. The Bertz CT molecular complexity index is 732. The monoisotopic (exact) mass is 326 g/mol. The van der Waals surface area contributed by atoms with E-state index in [1.165, 1.54) is 0 Å². The third kappa shape index (κ3) is 2.82. The number of carbonyl (C=O) groups excluding carboxylic acids is 2. The molecule has 1 aliphatic heterocycles. The minimum atomic E-state index is -0.523. The van der Waals surface area contributed by atoms with Gasteiger partial charge in [0.1, 0.15) is 11.8 Å². The molecule has 2 heterocycles. The van der Waals surface area contributed by atoms with Crippen LogP contribution in [-0.4, -0.2) is 24.4 Å². The second-order valence-electron chi connectivity index (χ2n) is 6.22. The summed E-state index contributed by atoms with van der Waals surface area (Å²) < 4.78 is 5.67. The van der Waals surface area contributed by atoms with Crippen molar-refractivity contribution in [3.05, 3.63) is 48.2 Å². The van der Waals surface area contributed by atoms with E-state index in [0.717, 1.165) is 18.4 Å². The van der Waals surface area contributed by atoms with Gasteiger partial charge in [0.15, 0.2) is 5.76 Å². The van der Waals surface area contributed by atoms with Crippen molar-refractivity contribution < 1.29 is 14.0 Å². The lowest BCUT2D eigenvalue weighted by Crippen LogP contribution is -2.48. The quantitative estimate of drug-likeness (QED) is 0.887. The van der Waals surface area contributed by atoms with Gasteiger partial charge in [0.25, 0.3) is 5.91 Å². The standard InChI is InChI=1S/C19H22N2O3/c1-3-19(4-2)12-20-18(23)16(19)21-17(22)15-11-10-14(24-15)13-8-6-5-7-9-13/h5-11,16H,3-4,12H2,1-2H3,(H,20,23)(H,21,22). The molecule has 1 aromatic heterocycles. The topological polar surface area (TPSA) is 71.3 Å². The second-order valence-corrected chi connectivity index (χ2v) is 6.22. The number of nitrogens with one attached hydrogen (secondary N) is 2. The fraction of sp³-hybridized carbons (Fsp3) is 0.368. The molecule has 1 atom stereocenters. The molecule has 1 aromatic carbocycles. The highest BCUT2D eigenvalue weighted by Crippen LogP contribution is 2.34. The van der Waals surface area contributed by atoms with Crippen molar-refractivity contribution in [2.45, 2.75) is 32.7 Å². The zero-order valence-electron chi connectivity index (χ0n) is 14.0. The summed E-state index contributed by atoms with van der Waals surface area (Å²) in [6.07, 6.45) is 1.64. The predicted octanol–water partition coefficient (Wildman–Crippen LogP) is 2.98. The van der Waals surface area contributed by atoms with E-state index in [2.05, 4.69) is 10.6 Å². The Balaban J connectivity index is 1.78. The van der Waals surface area contributed by atoms with Crippen molar-refractivity contribution in [2.24, 2.45) is 5.41 Å². The number of benzene rings is 1. The summed E-state index contributed by atoms with van der Waals surface area (Å²) in [5, 5.41) is 5.72. The zero-order chi connectivity index (χ0) is 17.2. The molecule has 2 N–H and O–H groups in total. The first-order valence-electron chi connectivity index (χ1n) is 8.33. The number of hydrogen-bond acceptors (Lipinski definition) is 3. The van der Waals surface area contributed by atoms with E-state index >= 15 is 0 Å². The average molecular weight is 326 g/mol. The largest absolute Gasteiger partial charge is 0.451 e. The number of carbonyl (C=O) groups is 2. The predicted molar refractivity (Wildman–Crippen MR) is 91.4 cm³/mol. The van der Waals surface area contributed by atoms with Gasteiger partial charge in [-0.1, -0.05) is 44.2 Å². The fourth-order valence-corrected chi connectivity index (χ4v) is 3.29. The molecule has 1 unspecified atom stereocenters. The van der Waals surface area contributed by atoms with Gasteiger partial charge in [-0.05, 0) is 25.0 Å². The molecule has 5 heteroatoms. The smallest absolute Gasteiger partial charge is 0.287 e. The number of furan rings is 1. The van der Waals surface area contributed by atoms with Gasteiger partial charge in [0.2, 0.25) is 5.91 Å². The molecule has 3 rings (SSSR count). The maximum absolute atomic E-state index is 12.5. The van der Waals surface area contributed by atoms with Gasteiger partial charge in [-0.2, -0.15) is 0 Å². The van der Waals surface area contributed by atoms with Crippen LogP contribution in [0.25, 0.3) is 11.3 Å². The summed E-state index contributed by atoms with van der Waals surface area (Å²) in [6, 6.07) is 12.5. The molecule has 2 amide bonds. The molecule has 1 saturated heterocycles. The van der Waals surface area contributed by atoms with E-state index < -0.39 is 6.04 Å². The highest BCUT2D eigenvalue weighted by atomic mass is 16.4. The summed E-state index contributed by atoms with van der Waals surface area (Å²) in [6.45, 7) is 4.68. The van der Waals surface area contributed by atoms with Crippen molar-refractivity contribution >= 4 is 11.8 Å². The van der Waals surface area contributed by atoms with Crippen LogP contribution >= 0.6 is 0 Å². The van der Waals surface area contributed by atoms with Gasteiger partial charge in [0, 0.05) is 17.5 Å². The molecule has 1 aliphatic rings. The van der Waals surface area contributed by atoms with E-state index in [4.69, 9.17) is 4.42 Å². The SMILES string of the molecule is CCC1(CC)CNC(=O)C1NC(=O)c1ccc(-c2ccccc2)o1. The normalized spacial score (nSPS) is 19.1. The van der Waals surface area contributed by atoms with E-state index in [1.807, 2.05) is 44.2 Å². The first-order chi connectivity index (χ1) is 11.6. The second kappa shape index (κ2) is 6.51. The van der Waals surface area contributed by atoms with Gasteiger partial charge in [-0.3, -0.25) is 9.59 Å². The molecule has 2 aromatic rings. The van der Waals surface area contributed by atoms with Crippen LogP contribution in [0.5, 0.6) is 0 Å². The minimum absolute atomic E-state index is 0.123. The Kier molecular flexibility index (Phi) is 4.42. The van der Waals surface area contributed by atoms with E-state index in [9.17, 15) is 9.59 Å². The number of amides is 2. The summed E-state index contributed by atoms with van der Waals surface area (Å²) in [5.41, 5.74) is 0.674. The molecule has 0 saturated carbocycles. The maximum Gasteiger partial charge on any atom is 0.287 e. The molecule has 126 valence electrons. The molecule has 1 fully saturated rings. The lowest BCUT2D eigenvalue weighted by atomic mass is 9.77. The molecular formula is C19H22N2O3. The van der Waals surface area contributed by atoms with Crippen LogP contribution in [0.1, 0.15) is 37.2 Å². The van der Waals surface area contributed by atoms with Crippen LogP contribution in [0.3, 0.4) is 0 Å². The van der Waals surface area contributed by atoms with Crippen LogP contribution < -0.4 is 10.6 Å². The summed E-state index contributed by atoms with van der Waals surface area (Å²) >= 11 is 0.